The predicted molar refractivity (Wildman–Crippen MR) is 55.7 cm³/mol. The minimum atomic E-state index is -0.514. The van der Waals surface area contributed by atoms with Crippen LogP contribution in [-0.2, 0) is 0 Å². The molecule has 1 rings (SSSR count). The van der Waals surface area contributed by atoms with Gasteiger partial charge in [0.05, 0.1) is 5.60 Å². The predicted octanol–water partition coefficient (Wildman–Crippen LogP) is 1.78. The minimum Gasteiger partial charge on any atom is -0.388 e. The molecular weight excluding hydrogens is 162 g/mol. The van der Waals surface area contributed by atoms with Crippen molar-refractivity contribution >= 4 is 0 Å². The summed E-state index contributed by atoms with van der Waals surface area (Å²) in [4.78, 5) is 0. The van der Waals surface area contributed by atoms with Crippen molar-refractivity contribution in [1.29, 1.82) is 0 Å². The Kier molecular flexibility index (Phi) is 3.03. The number of aliphatic hydroxyl groups is 1. The lowest BCUT2D eigenvalue weighted by Crippen LogP contribution is -2.57. The topological polar surface area (TPSA) is 32.3 Å². The second-order valence-electron chi connectivity index (χ2n) is 5.44. The van der Waals surface area contributed by atoms with Crippen LogP contribution in [0.5, 0.6) is 0 Å². The molecule has 13 heavy (non-hydrogen) atoms. The highest BCUT2D eigenvalue weighted by Crippen LogP contribution is 2.40. The van der Waals surface area contributed by atoms with Crippen LogP contribution in [0.25, 0.3) is 0 Å². The van der Waals surface area contributed by atoms with E-state index in [1.807, 2.05) is 0 Å². The first-order chi connectivity index (χ1) is 5.87. The Labute approximate surface area is 81.7 Å². The van der Waals surface area contributed by atoms with E-state index in [2.05, 4.69) is 33.0 Å². The lowest BCUT2D eigenvalue weighted by molar-refractivity contribution is -0.0978. The fourth-order valence-corrected chi connectivity index (χ4v) is 2.19. The van der Waals surface area contributed by atoms with Crippen molar-refractivity contribution in [3.63, 3.8) is 0 Å². The Bertz CT molecular complexity index is 177. The molecule has 1 heterocycles. The van der Waals surface area contributed by atoms with Crippen LogP contribution in [0, 0.1) is 11.3 Å². The summed E-state index contributed by atoms with van der Waals surface area (Å²) < 4.78 is 0. The minimum absolute atomic E-state index is 0.0581. The molecule has 1 atom stereocenters. The molecule has 0 spiro atoms. The summed E-state index contributed by atoms with van der Waals surface area (Å²) >= 11 is 0. The Morgan fingerprint density at radius 1 is 1.38 bits per heavy atom. The molecule has 78 valence electrons. The van der Waals surface area contributed by atoms with Crippen LogP contribution < -0.4 is 5.32 Å². The SMILES string of the molecule is CC(C)CC1(O)CNCCC1(C)C. The quantitative estimate of drug-likeness (QED) is 0.687. The zero-order chi connectivity index (χ0) is 10.1. The zero-order valence-corrected chi connectivity index (χ0v) is 9.35. The van der Waals surface area contributed by atoms with E-state index in [0.717, 1.165) is 25.9 Å². The Balaban J connectivity index is 2.72. The lowest BCUT2D eigenvalue weighted by Gasteiger charge is -2.47. The van der Waals surface area contributed by atoms with Gasteiger partial charge in [-0.3, -0.25) is 0 Å². The molecule has 0 aliphatic carbocycles. The molecule has 0 radical (unpaired) electrons. The summed E-state index contributed by atoms with van der Waals surface area (Å²) in [6.45, 7) is 10.5. The zero-order valence-electron chi connectivity index (χ0n) is 9.35. The maximum atomic E-state index is 10.5. The summed E-state index contributed by atoms with van der Waals surface area (Å²) in [6.07, 6.45) is 1.96. The van der Waals surface area contributed by atoms with E-state index >= 15 is 0 Å². The van der Waals surface area contributed by atoms with Gasteiger partial charge in [-0.05, 0) is 30.7 Å². The first-order valence-electron chi connectivity index (χ1n) is 5.30. The number of hydrogen-bond donors (Lipinski definition) is 2. The number of rotatable bonds is 2. The van der Waals surface area contributed by atoms with Crippen molar-refractivity contribution < 1.29 is 5.11 Å². The lowest BCUT2D eigenvalue weighted by atomic mass is 9.67. The van der Waals surface area contributed by atoms with E-state index in [0.29, 0.717) is 5.92 Å². The first kappa shape index (κ1) is 11.0. The standard InChI is InChI=1S/C11H23NO/c1-9(2)7-11(13)8-12-6-5-10(11,3)4/h9,12-13H,5-8H2,1-4H3. The van der Waals surface area contributed by atoms with Crippen LogP contribution in [0.15, 0.2) is 0 Å². The van der Waals surface area contributed by atoms with Crippen LogP contribution >= 0.6 is 0 Å². The van der Waals surface area contributed by atoms with Crippen molar-refractivity contribution in [2.75, 3.05) is 13.1 Å². The largest absolute Gasteiger partial charge is 0.388 e. The number of β-amino-alcohol motifs (C(OH)–C–C–N with tert-alkyl or cyclic N) is 1. The molecule has 0 bridgehead atoms. The van der Waals surface area contributed by atoms with E-state index in [4.69, 9.17) is 0 Å². The van der Waals surface area contributed by atoms with E-state index in [1.54, 1.807) is 0 Å². The van der Waals surface area contributed by atoms with E-state index in [9.17, 15) is 5.11 Å². The average Bonchev–Trinajstić information content (AvgIpc) is 1.94. The molecule has 0 amide bonds. The fraction of sp³-hybridized carbons (Fsp3) is 1.00. The molecule has 1 saturated heterocycles. The van der Waals surface area contributed by atoms with Crippen LogP contribution in [-0.4, -0.2) is 23.8 Å². The molecule has 1 aliphatic rings. The van der Waals surface area contributed by atoms with E-state index in [-0.39, 0.29) is 5.41 Å². The van der Waals surface area contributed by atoms with Gasteiger partial charge in [0.2, 0.25) is 0 Å². The van der Waals surface area contributed by atoms with Gasteiger partial charge >= 0.3 is 0 Å². The van der Waals surface area contributed by atoms with Crippen molar-refractivity contribution in [3.8, 4) is 0 Å². The Hall–Kier alpha value is -0.0800. The second-order valence-corrected chi connectivity index (χ2v) is 5.44. The van der Waals surface area contributed by atoms with Gasteiger partial charge in [0.15, 0.2) is 0 Å². The fourth-order valence-electron chi connectivity index (χ4n) is 2.19. The van der Waals surface area contributed by atoms with Gasteiger partial charge in [-0.2, -0.15) is 0 Å². The summed E-state index contributed by atoms with van der Waals surface area (Å²) in [5.74, 6) is 0.559. The molecule has 1 aliphatic heterocycles. The average molecular weight is 185 g/mol. The third-order valence-electron chi connectivity index (χ3n) is 3.35. The van der Waals surface area contributed by atoms with Crippen LogP contribution in [0.4, 0.5) is 0 Å². The maximum absolute atomic E-state index is 10.5. The molecule has 0 saturated carbocycles. The molecule has 1 fully saturated rings. The molecule has 1 unspecified atom stereocenters. The highest BCUT2D eigenvalue weighted by molar-refractivity contribution is 4.98. The van der Waals surface area contributed by atoms with Crippen LogP contribution in [0.2, 0.25) is 0 Å². The molecule has 2 heteroatoms. The van der Waals surface area contributed by atoms with E-state index in [1.165, 1.54) is 0 Å². The molecule has 2 N–H and O–H groups in total. The van der Waals surface area contributed by atoms with Crippen molar-refractivity contribution in [1.82, 2.24) is 5.32 Å². The summed E-state index contributed by atoms with van der Waals surface area (Å²) in [7, 11) is 0. The first-order valence-corrected chi connectivity index (χ1v) is 5.30. The van der Waals surface area contributed by atoms with Crippen molar-refractivity contribution in [2.45, 2.75) is 46.1 Å². The summed E-state index contributed by atoms with van der Waals surface area (Å²) in [6, 6.07) is 0. The van der Waals surface area contributed by atoms with Gasteiger partial charge in [0, 0.05) is 6.54 Å². The van der Waals surface area contributed by atoms with Gasteiger partial charge in [-0.15, -0.1) is 0 Å². The van der Waals surface area contributed by atoms with Crippen LogP contribution in [0.1, 0.15) is 40.5 Å². The number of nitrogens with one attached hydrogen (secondary N) is 1. The van der Waals surface area contributed by atoms with Gasteiger partial charge in [0.25, 0.3) is 0 Å². The summed E-state index contributed by atoms with van der Waals surface area (Å²) in [5.41, 5.74) is -0.456. The smallest absolute Gasteiger partial charge is 0.0825 e. The third-order valence-corrected chi connectivity index (χ3v) is 3.35. The molecule has 0 aromatic rings. The number of piperidine rings is 1. The Morgan fingerprint density at radius 2 is 2.00 bits per heavy atom. The molecular formula is C11H23NO. The maximum Gasteiger partial charge on any atom is 0.0825 e. The van der Waals surface area contributed by atoms with Gasteiger partial charge < -0.3 is 10.4 Å². The molecule has 0 aromatic carbocycles. The van der Waals surface area contributed by atoms with Gasteiger partial charge in [0.1, 0.15) is 0 Å². The van der Waals surface area contributed by atoms with Crippen molar-refractivity contribution in [3.05, 3.63) is 0 Å². The van der Waals surface area contributed by atoms with Crippen LogP contribution in [0.3, 0.4) is 0 Å². The second kappa shape index (κ2) is 3.58. The highest BCUT2D eigenvalue weighted by Gasteiger charge is 2.45. The van der Waals surface area contributed by atoms with E-state index < -0.39 is 5.60 Å². The summed E-state index contributed by atoms with van der Waals surface area (Å²) in [5, 5.41) is 13.8. The molecule has 0 aromatic heterocycles. The van der Waals surface area contributed by atoms with Gasteiger partial charge in [-0.25, -0.2) is 0 Å². The Morgan fingerprint density at radius 3 is 2.46 bits per heavy atom. The number of hydrogen-bond acceptors (Lipinski definition) is 2. The molecule has 2 nitrogen and oxygen atoms in total. The third kappa shape index (κ3) is 2.23. The highest BCUT2D eigenvalue weighted by atomic mass is 16.3. The normalized spacial score (nSPS) is 33.7. The van der Waals surface area contributed by atoms with Gasteiger partial charge in [-0.1, -0.05) is 27.7 Å². The van der Waals surface area contributed by atoms with Crippen molar-refractivity contribution in [2.24, 2.45) is 11.3 Å². The monoisotopic (exact) mass is 185 g/mol.